The summed E-state index contributed by atoms with van der Waals surface area (Å²) >= 11 is 0. The monoisotopic (exact) mass is 350 g/mol. The summed E-state index contributed by atoms with van der Waals surface area (Å²) < 4.78 is 24.0. The van der Waals surface area contributed by atoms with Crippen LogP contribution in [0.4, 0.5) is 0 Å². The van der Waals surface area contributed by atoms with Crippen molar-refractivity contribution in [2.24, 2.45) is 0 Å². The summed E-state index contributed by atoms with van der Waals surface area (Å²) in [5.41, 5.74) is -0.0113. The van der Waals surface area contributed by atoms with Crippen molar-refractivity contribution in [1.29, 1.82) is 0 Å². The van der Waals surface area contributed by atoms with Gasteiger partial charge >= 0.3 is 0 Å². The van der Waals surface area contributed by atoms with Crippen LogP contribution in [0.1, 0.15) is 25.8 Å². The van der Waals surface area contributed by atoms with Gasteiger partial charge in [0.25, 0.3) is 0 Å². The molecule has 0 amide bonds. The van der Waals surface area contributed by atoms with E-state index in [-0.39, 0.29) is 0 Å². The second-order valence-electron chi connectivity index (χ2n) is 6.95. The Balaban J connectivity index is 1.90. The van der Waals surface area contributed by atoms with E-state index in [2.05, 4.69) is 6.58 Å². The summed E-state index contributed by atoms with van der Waals surface area (Å²) in [6.07, 6.45) is -1.00. The molecule has 6 heteroatoms. The average Bonchev–Trinajstić information content (AvgIpc) is 3.05. The second kappa shape index (κ2) is 7.15. The summed E-state index contributed by atoms with van der Waals surface area (Å²) in [6.45, 7) is 7.31. The zero-order chi connectivity index (χ0) is 18.1. The zero-order valence-electron chi connectivity index (χ0n) is 14.6. The summed E-state index contributed by atoms with van der Waals surface area (Å²) in [4.78, 5) is 0. The molecule has 0 aliphatic carbocycles. The fraction of sp³-hybridized carbons (Fsp3) is 0.579. The third kappa shape index (κ3) is 3.51. The molecule has 6 nitrogen and oxygen atoms in total. The van der Waals surface area contributed by atoms with Crippen molar-refractivity contribution in [1.82, 2.24) is 0 Å². The van der Waals surface area contributed by atoms with Crippen LogP contribution < -0.4 is 0 Å². The van der Waals surface area contributed by atoms with E-state index in [0.717, 1.165) is 5.56 Å². The predicted octanol–water partition coefficient (Wildman–Crippen LogP) is 1.75. The van der Waals surface area contributed by atoms with Crippen molar-refractivity contribution in [3.05, 3.63) is 48.6 Å². The lowest BCUT2D eigenvalue weighted by Crippen LogP contribution is -2.55. The quantitative estimate of drug-likeness (QED) is 0.730. The van der Waals surface area contributed by atoms with Crippen molar-refractivity contribution in [2.45, 2.75) is 62.9 Å². The van der Waals surface area contributed by atoms with Crippen molar-refractivity contribution in [3.63, 3.8) is 0 Å². The third-order valence-corrected chi connectivity index (χ3v) is 4.65. The Morgan fingerprint density at radius 1 is 1.28 bits per heavy atom. The molecule has 2 saturated heterocycles. The lowest BCUT2D eigenvalue weighted by Gasteiger charge is -2.39. The molecule has 0 radical (unpaired) electrons. The number of hydrogen-bond donors (Lipinski definition) is 2. The molecular weight excluding hydrogens is 324 g/mol. The van der Waals surface area contributed by atoms with E-state index < -0.39 is 42.6 Å². The fourth-order valence-corrected chi connectivity index (χ4v) is 3.57. The molecule has 1 aromatic rings. The van der Waals surface area contributed by atoms with Gasteiger partial charge in [0.1, 0.15) is 23.9 Å². The lowest BCUT2D eigenvalue weighted by atomic mass is 9.85. The molecule has 0 aromatic heterocycles. The van der Waals surface area contributed by atoms with Crippen LogP contribution in [0.5, 0.6) is 0 Å². The number of ether oxygens (including phenoxy) is 4. The Morgan fingerprint density at radius 2 is 2.00 bits per heavy atom. The van der Waals surface area contributed by atoms with Gasteiger partial charge in [-0.05, 0) is 25.8 Å². The van der Waals surface area contributed by atoms with Crippen molar-refractivity contribution in [3.8, 4) is 0 Å². The van der Waals surface area contributed by atoms with Crippen LogP contribution in [0.2, 0.25) is 0 Å². The highest BCUT2D eigenvalue weighted by Crippen LogP contribution is 2.48. The van der Waals surface area contributed by atoms with E-state index in [1.807, 2.05) is 44.2 Å². The van der Waals surface area contributed by atoms with E-state index >= 15 is 0 Å². The van der Waals surface area contributed by atoms with Gasteiger partial charge in [-0.3, -0.25) is 0 Å². The summed E-state index contributed by atoms with van der Waals surface area (Å²) in [6, 6.07) is 9.73. The van der Waals surface area contributed by atoms with Crippen molar-refractivity contribution < 1.29 is 29.2 Å². The molecule has 2 aliphatic heterocycles. The molecule has 2 N–H and O–H groups in total. The van der Waals surface area contributed by atoms with E-state index in [1.54, 1.807) is 6.08 Å². The van der Waals surface area contributed by atoms with Gasteiger partial charge in [0, 0.05) is 0 Å². The standard InChI is InChI=1S/C19H26O6/c1-4-10-19(22-12-13-8-6-5-7-9-13)15(14(21)11-20)23-17-16(19)24-18(2,3)25-17/h4-9,14-17,20-21H,1,10-12H2,2-3H3/t14-,15-,16+,17-,19-/m1/s1. The van der Waals surface area contributed by atoms with E-state index in [0.29, 0.717) is 13.0 Å². The number of aliphatic hydroxyl groups excluding tert-OH is 2. The highest BCUT2D eigenvalue weighted by Gasteiger charge is 2.65. The van der Waals surface area contributed by atoms with E-state index in [9.17, 15) is 10.2 Å². The SMILES string of the molecule is C=CC[C@@]1(OCc2ccccc2)[C@@H]([C@H](O)CO)O[C@@H]2OC(C)(C)O[C@@H]21. The fourth-order valence-electron chi connectivity index (χ4n) is 3.57. The molecule has 1 aromatic carbocycles. The number of aliphatic hydroxyl groups is 2. The molecule has 0 saturated carbocycles. The molecule has 5 atom stereocenters. The Morgan fingerprint density at radius 3 is 2.64 bits per heavy atom. The Bertz CT molecular complexity index is 589. The molecule has 3 rings (SSSR count). The first-order chi connectivity index (χ1) is 11.9. The number of benzene rings is 1. The van der Waals surface area contributed by atoms with Crippen LogP contribution in [0.25, 0.3) is 0 Å². The number of fused-ring (bicyclic) bond motifs is 1. The van der Waals surface area contributed by atoms with Gasteiger partial charge < -0.3 is 29.2 Å². The highest BCUT2D eigenvalue weighted by atomic mass is 16.8. The Labute approximate surface area is 148 Å². The first kappa shape index (κ1) is 18.5. The number of rotatable bonds is 7. The molecule has 0 spiro atoms. The summed E-state index contributed by atoms with van der Waals surface area (Å²) in [5, 5.41) is 19.8. The van der Waals surface area contributed by atoms with Gasteiger partial charge in [0.05, 0.1) is 13.2 Å². The second-order valence-corrected chi connectivity index (χ2v) is 6.95. The maximum atomic E-state index is 10.3. The Kier molecular flexibility index (Phi) is 5.29. The van der Waals surface area contributed by atoms with Crippen molar-refractivity contribution in [2.75, 3.05) is 6.61 Å². The normalized spacial score (nSPS) is 34.6. The smallest absolute Gasteiger partial charge is 0.190 e. The van der Waals surface area contributed by atoms with Gasteiger partial charge in [0.2, 0.25) is 0 Å². The summed E-state index contributed by atoms with van der Waals surface area (Å²) in [7, 11) is 0. The van der Waals surface area contributed by atoms with Crippen LogP contribution in [0, 0.1) is 0 Å². The molecule has 0 bridgehead atoms. The minimum Gasteiger partial charge on any atom is -0.394 e. The van der Waals surface area contributed by atoms with Crippen LogP contribution in [0.15, 0.2) is 43.0 Å². The molecular formula is C19H26O6. The zero-order valence-corrected chi connectivity index (χ0v) is 14.6. The minimum absolute atomic E-state index is 0.319. The van der Waals surface area contributed by atoms with Crippen LogP contribution in [-0.4, -0.2) is 52.8 Å². The topological polar surface area (TPSA) is 77.4 Å². The first-order valence-corrected chi connectivity index (χ1v) is 8.50. The minimum atomic E-state index is -1.11. The lowest BCUT2D eigenvalue weighted by molar-refractivity contribution is -0.253. The van der Waals surface area contributed by atoms with Crippen molar-refractivity contribution >= 4 is 0 Å². The van der Waals surface area contributed by atoms with Gasteiger partial charge in [-0.15, -0.1) is 6.58 Å². The van der Waals surface area contributed by atoms with E-state index in [4.69, 9.17) is 18.9 Å². The largest absolute Gasteiger partial charge is 0.394 e. The maximum absolute atomic E-state index is 10.3. The molecule has 0 unspecified atom stereocenters. The van der Waals surface area contributed by atoms with Gasteiger partial charge in [-0.2, -0.15) is 0 Å². The molecule has 25 heavy (non-hydrogen) atoms. The van der Waals surface area contributed by atoms with Crippen LogP contribution in [0.3, 0.4) is 0 Å². The van der Waals surface area contributed by atoms with Gasteiger partial charge in [-0.1, -0.05) is 36.4 Å². The molecule has 2 heterocycles. The van der Waals surface area contributed by atoms with Gasteiger partial charge in [-0.25, -0.2) is 0 Å². The summed E-state index contributed by atoms with van der Waals surface area (Å²) in [5.74, 6) is -0.813. The first-order valence-electron chi connectivity index (χ1n) is 8.50. The van der Waals surface area contributed by atoms with Crippen LogP contribution >= 0.6 is 0 Å². The molecule has 2 aliphatic rings. The third-order valence-electron chi connectivity index (χ3n) is 4.65. The maximum Gasteiger partial charge on any atom is 0.190 e. The highest BCUT2D eigenvalue weighted by molar-refractivity contribution is 5.15. The molecule has 2 fully saturated rings. The average molecular weight is 350 g/mol. The number of hydrogen-bond acceptors (Lipinski definition) is 6. The Hall–Kier alpha value is -1.28. The molecule has 138 valence electrons. The predicted molar refractivity (Wildman–Crippen MR) is 90.6 cm³/mol. The van der Waals surface area contributed by atoms with Crippen LogP contribution in [-0.2, 0) is 25.6 Å². The van der Waals surface area contributed by atoms with Gasteiger partial charge in [0.15, 0.2) is 12.1 Å². The van der Waals surface area contributed by atoms with E-state index in [1.165, 1.54) is 0 Å².